The molecule has 1 amide bonds. The smallest absolute Gasteiger partial charge is 0.326 e. The molecule has 0 radical (unpaired) electrons. The average Bonchev–Trinajstić information content (AvgIpc) is 2.91. The number of carboxylic acids is 1. The van der Waals surface area contributed by atoms with Gasteiger partial charge in [-0.15, -0.1) is 0 Å². The number of benzene rings is 1. The van der Waals surface area contributed by atoms with Crippen molar-refractivity contribution in [2.45, 2.75) is 38.6 Å². The highest BCUT2D eigenvalue weighted by molar-refractivity contribution is 6.30. The van der Waals surface area contributed by atoms with E-state index in [0.29, 0.717) is 24.4 Å². The van der Waals surface area contributed by atoms with E-state index in [1.807, 2.05) is 31.2 Å². The van der Waals surface area contributed by atoms with Gasteiger partial charge in [-0.2, -0.15) is 0 Å². The van der Waals surface area contributed by atoms with Crippen molar-refractivity contribution in [3.8, 4) is 0 Å². The monoisotopic (exact) mass is 309 g/mol. The van der Waals surface area contributed by atoms with E-state index in [2.05, 4.69) is 0 Å². The second kappa shape index (κ2) is 6.94. The molecule has 114 valence electrons. The molecule has 1 aromatic rings. The molecule has 0 aromatic heterocycles. The summed E-state index contributed by atoms with van der Waals surface area (Å²) in [6.45, 7) is 2.57. The molecule has 1 fully saturated rings. The van der Waals surface area contributed by atoms with Crippen molar-refractivity contribution in [2.75, 3.05) is 6.54 Å². The van der Waals surface area contributed by atoms with Gasteiger partial charge in [-0.1, -0.05) is 30.7 Å². The lowest BCUT2D eigenvalue weighted by Gasteiger charge is -2.23. The second-order valence-corrected chi connectivity index (χ2v) is 6.16. The summed E-state index contributed by atoms with van der Waals surface area (Å²) in [6, 6.07) is 6.96. The van der Waals surface area contributed by atoms with Gasteiger partial charge in [-0.05, 0) is 42.9 Å². The van der Waals surface area contributed by atoms with Crippen LogP contribution in [0.2, 0.25) is 5.02 Å². The zero-order valence-corrected chi connectivity index (χ0v) is 12.8. The van der Waals surface area contributed by atoms with Gasteiger partial charge in [0.05, 0.1) is 0 Å². The summed E-state index contributed by atoms with van der Waals surface area (Å²) in [5, 5.41) is 9.82. The number of amides is 1. The Hall–Kier alpha value is -1.55. The van der Waals surface area contributed by atoms with E-state index in [0.717, 1.165) is 18.4 Å². The van der Waals surface area contributed by atoms with Gasteiger partial charge >= 0.3 is 5.97 Å². The average molecular weight is 310 g/mol. The summed E-state index contributed by atoms with van der Waals surface area (Å²) in [6.07, 6.45) is 2.50. The molecule has 0 aliphatic carbocycles. The zero-order chi connectivity index (χ0) is 15.4. The maximum atomic E-state index is 12.3. The van der Waals surface area contributed by atoms with Crippen molar-refractivity contribution in [3.63, 3.8) is 0 Å². The number of aliphatic carboxylic acids is 1. The molecule has 2 atom stereocenters. The van der Waals surface area contributed by atoms with Crippen LogP contribution in [0.1, 0.15) is 31.7 Å². The number of hydrogen-bond acceptors (Lipinski definition) is 2. The highest BCUT2D eigenvalue weighted by Crippen LogP contribution is 2.21. The number of nitrogens with zero attached hydrogens (tertiary/aromatic N) is 1. The standard InChI is InChI=1S/C16H20ClNO3/c1-11(9-12-4-6-13(17)7-5-12)10-15(19)18-8-2-3-14(18)16(20)21/h4-7,11,14H,2-3,8-10H2,1H3,(H,20,21). The lowest BCUT2D eigenvalue weighted by atomic mass is 9.97. The summed E-state index contributed by atoms with van der Waals surface area (Å²) in [5.74, 6) is -0.777. The van der Waals surface area contributed by atoms with Crippen molar-refractivity contribution in [3.05, 3.63) is 34.9 Å². The minimum absolute atomic E-state index is 0.0543. The number of carbonyl (C=O) groups excluding carboxylic acids is 1. The zero-order valence-electron chi connectivity index (χ0n) is 12.1. The van der Waals surface area contributed by atoms with Gasteiger partial charge in [0.15, 0.2) is 0 Å². The van der Waals surface area contributed by atoms with Crippen LogP contribution in [0.3, 0.4) is 0 Å². The number of halogens is 1. The molecule has 0 saturated carbocycles. The molecule has 1 saturated heterocycles. The van der Waals surface area contributed by atoms with E-state index in [9.17, 15) is 9.59 Å². The third-order valence-corrected chi connectivity index (χ3v) is 4.13. The van der Waals surface area contributed by atoms with Crippen LogP contribution in [0.25, 0.3) is 0 Å². The number of hydrogen-bond donors (Lipinski definition) is 1. The van der Waals surface area contributed by atoms with Gasteiger partial charge in [0.2, 0.25) is 5.91 Å². The molecule has 1 aromatic carbocycles. The van der Waals surface area contributed by atoms with E-state index < -0.39 is 12.0 Å². The third-order valence-electron chi connectivity index (χ3n) is 3.88. The maximum absolute atomic E-state index is 12.3. The molecule has 1 aliphatic heterocycles. The van der Waals surface area contributed by atoms with Gasteiger partial charge < -0.3 is 10.0 Å². The molecule has 2 rings (SSSR count). The van der Waals surface area contributed by atoms with Crippen molar-refractivity contribution >= 4 is 23.5 Å². The Bertz CT molecular complexity index is 515. The van der Waals surface area contributed by atoms with E-state index in [-0.39, 0.29) is 11.8 Å². The van der Waals surface area contributed by atoms with Crippen LogP contribution in [0.4, 0.5) is 0 Å². The highest BCUT2D eigenvalue weighted by atomic mass is 35.5. The molecular formula is C16H20ClNO3. The summed E-state index contributed by atoms with van der Waals surface area (Å²) >= 11 is 5.85. The molecular weight excluding hydrogens is 290 g/mol. The Balaban J connectivity index is 1.90. The quantitative estimate of drug-likeness (QED) is 0.909. The fraction of sp³-hybridized carbons (Fsp3) is 0.500. The normalized spacial score (nSPS) is 19.5. The van der Waals surface area contributed by atoms with Crippen LogP contribution in [0.15, 0.2) is 24.3 Å². The molecule has 0 spiro atoms. The summed E-state index contributed by atoms with van der Waals surface area (Å²) in [4.78, 5) is 24.9. The summed E-state index contributed by atoms with van der Waals surface area (Å²) < 4.78 is 0. The van der Waals surface area contributed by atoms with Crippen molar-refractivity contribution in [1.82, 2.24) is 4.90 Å². The predicted octanol–water partition coefficient (Wildman–Crippen LogP) is 2.98. The van der Waals surface area contributed by atoms with E-state index in [1.54, 1.807) is 0 Å². The molecule has 5 heteroatoms. The van der Waals surface area contributed by atoms with Gasteiger partial charge in [0.1, 0.15) is 6.04 Å². The fourth-order valence-corrected chi connectivity index (χ4v) is 2.96. The molecule has 2 unspecified atom stereocenters. The number of carboxylic acid groups (broad SMARTS) is 1. The van der Waals surface area contributed by atoms with Crippen molar-refractivity contribution < 1.29 is 14.7 Å². The molecule has 0 bridgehead atoms. The first kappa shape index (κ1) is 15.8. The number of rotatable bonds is 5. The summed E-state index contributed by atoms with van der Waals surface area (Å²) in [5.41, 5.74) is 1.14. The minimum atomic E-state index is -0.897. The Morgan fingerprint density at radius 3 is 2.67 bits per heavy atom. The Morgan fingerprint density at radius 1 is 1.38 bits per heavy atom. The maximum Gasteiger partial charge on any atom is 0.326 e. The highest BCUT2D eigenvalue weighted by Gasteiger charge is 2.34. The largest absolute Gasteiger partial charge is 0.480 e. The van der Waals surface area contributed by atoms with E-state index in [1.165, 1.54) is 4.90 Å². The molecule has 1 N–H and O–H groups in total. The van der Waals surface area contributed by atoms with Crippen LogP contribution in [-0.2, 0) is 16.0 Å². The predicted molar refractivity (Wildman–Crippen MR) is 81.3 cm³/mol. The Labute approximate surface area is 129 Å². The lowest BCUT2D eigenvalue weighted by molar-refractivity contribution is -0.148. The van der Waals surface area contributed by atoms with Gasteiger partial charge in [0.25, 0.3) is 0 Å². The lowest BCUT2D eigenvalue weighted by Crippen LogP contribution is -2.41. The van der Waals surface area contributed by atoms with Crippen LogP contribution in [0.5, 0.6) is 0 Å². The van der Waals surface area contributed by atoms with Gasteiger partial charge in [-0.3, -0.25) is 4.79 Å². The van der Waals surface area contributed by atoms with Crippen LogP contribution in [-0.4, -0.2) is 34.5 Å². The van der Waals surface area contributed by atoms with E-state index in [4.69, 9.17) is 16.7 Å². The second-order valence-electron chi connectivity index (χ2n) is 5.72. The number of carbonyl (C=O) groups is 2. The molecule has 1 aliphatic rings. The minimum Gasteiger partial charge on any atom is -0.480 e. The first-order chi connectivity index (χ1) is 9.97. The van der Waals surface area contributed by atoms with E-state index >= 15 is 0 Å². The third kappa shape index (κ3) is 4.21. The Kier molecular flexibility index (Phi) is 5.23. The van der Waals surface area contributed by atoms with Crippen molar-refractivity contribution in [1.29, 1.82) is 0 Å². The topological polar surface area (TPSA) is 57.6 Å². The molecule has 4 nitrogen and oxygen atoms in total. The fourth-order valence-electron chi connectivity index (χ4n) is 2.83. The Morgan fingerprint density at radius 2 is 2.05 bits per heavy atom. The van der Waals surface area contributed by atoms with Crippen LogP contribution in [0, 0.1) is 5.92 Å². The van der Waals surface area contributed by atoms with Crippen LogP contribution < -0.4 is 0 Å². The van der Waals surface area contributed by atoms with Crippen molar-refractivity contribution in [2.24, 2.45) is 5.92 Å². The van der Waals surface area contributed by atoms with Gasteiger partial charge in [-0.25, -0.2) is 4.79 Å². The first-order valence-electron chi connectivity index (χ1n) is 7.24. The number of likely N-dealkylation sites (tertiary alicyclic amines) is 1. The molecule has 21 heavy (non-hydrogen) atoms. The van der Waals surface area contributed by atoms with Gasteiger partial charge in [0, 0.05) is 18.0 Å². The van der Waals surface area contributed by atoms with Crippen LogP contribution >= 0.6 is 11.6 Å². The first-order valence-corrected chi connectivity index (χ1v) is 7.62. The molecule has 1 heterocycles. The SMILES string of the molecule is CC(CC(=O)N1CCCC1C(=O)O)Cc1ccc(Cl)cc1. The summed E-state index contributed by atoms with van der Waals surface area (Å²) in [7, 11) is 0.